The van der Waals surface area contributed by atoms with Crippen molar-refractivity contribution in [3.8, 4) is 11.3 Å². The van der Waals surface area contributed by atoms with Gasteiger partial charge in [-0.25, -0.2) is 4.79 Å². The molecule has 4 rings (SSSR count). The number of hydrogen-bond acceptors (Lipinski definition) is 4. The van der Waals surface area contributed by atoms with E-state index in [4.69, 9.17) is 5.11 Å². The van der Waals surface area contributed by atoms with Gasteiger partial charge < -0.3 is 10.4 Å². The predicted octanol–water partition coefficient (Wildman–Crippen LogP) is 4.35. The van der Waals surface area contributed by atoms with Gasteiger partial charge in [-0.2, -0.15) is 5.10 Å². The molecule has 0 bridgehead atoms. The number of nitrogens with zero attached hydrogens (tertiary/aromatic N) is 2. The number of hydrogen-bond donors (Lipinski definition) is 2. The smallest absolute Gasteiger partial charge is 0.345 e. The fraction of sp³-hybridized carbons (Fsp3) is 0.286. The molecule has 28 heavy (non-hydrogen) atoms. The lowest BCUT2D eigenvalue weighted by molar-refractivity contribution is 0.0702. The van der Waals surface area contributed by atoms with Crippen LogP contribution in [0.5, 0.6) is 0 Å². The van der Waals surface area contributed by atoms with Crippen molar-refractivity contribution in [3.63, 3.8) is 0 Å². The van der Waals surface area contributed by atoms with Crippen LogP contribution in [-0.2, 0) is 6.54 Å². The second-order valence-electron chi connectivity index (χ2n) is 6.91. The first-order chi connectivity index (χ1) is 13.6. The molecule has 0 radical (unpaired) electrons. The summed E-state index contributed by atoms with van der Waals surface area (Å²) in [7, 11) is 0. The van der Waals surface area contributed by atoms with E-state index in [1.807, 2.05) is 35.0 Å². The lowest BCUT2D eigenvalue weighted by atomic mass is 10.1. The number of rotatable bonds is 6. The minimum absolute atomic E-state index is 0.201. The summed E-state index contributed by atoms with van der Waals surface area (Å²) in [5.74, 6) is -1.15. The van der Waals surface area contributed by atoms with Gasteiger partial charge in [0.25, 0.3) is 5.91 Å². The molecule has 1 aromatic carbocycles. The van der Waals surface area contributed by atoms with E-state index >= 15 is 0 Å². The van der Waals surface area contributed by atoms with Gasteiger partial charge in [0.15, 0.2) is 0 Å². The number of thiophene rings is 1. The van der Waals surface area contributed by atoms with Crippen LogP contribution in [-0.4, -0.2) is 26.8 Å². The summed E-state index contributed by atoms with van der Waals surface area (Å²) < 4.78 is 2.00. The summed E-state index contributed by atoms with van der Waals surface area (Å²) in [6.45, 7) is 0.291. The van der Waals surface area contributed by atoms with Crippen LogP contribution in [0, 0.1) is 0 Å². The van der Waals surface area contributed by atoms with E-state index < -0.39 is 5.97 Å². The van der Waals surface area contributed by atoms with Gasteiger partial charge in [0.1, 0.15) is 4.88 Å². The Labute approximate surface area is 166 Å². The summed E-state index contributed by atoms with van der Waals surface area (Å²) in [5, 5.41) is 16.5. The zero-order valence-corrected chi connectivity index (χ0v) is 16.1. The maximum atomic E-state index is 12.9. The van der Waals surface area contributed by atoms with Crippen LogP contribution in [0.1, 0.15) is 56.6 Å². The van der Waals surface area contributed by atoms with Gasteiger partial charge in [-0.1, -0.05) is 43.2 Å². The van der Waals surface area contributed by atoms with Crippen molar-refractivity contribution in [1.29, 1.82) is 0 Å². The molecule has 0 spiro atoms. The first kappa shape index (κ1) is 18.4. The summed E-state index contributed by atoms with van der Waals surface area (Å²) in [6, 6.07) is 13.5. The molecule has 0 unspecified atom stereocenters. The molecule has 1 amide bonds. The molecule has 7 heteroatoms. The molecule has 2 N–H and O–H groups in total. The van der Waals surface area contributed by atoms with Crippen LogP contribution < -0.4 is 5.32 Å². The zero-order valence-electron chi connectivity index (χ0n) is 15.3. The highest BCUT2D eigenvalue weighted by Gasteiger charge is 2.25. The lowest BCUT2D eigenvalue weighted by Crippen LogP contribution is -2.23. The molecule has 2 heterocycles. The Balaban J connectivity index is 1.59. The third-order valence-corrected chi connectivity index (χ3v) is 6.13. The predicted molar refractivity (Wildman–Crippen MR) is 108 cm³/mol. The minimum atomic E-state index is -0.952. The molecule has 2 aromatic heterocycles. The van der Waals surface area contributed by atoms with Crippen molar-refractivity contribution in [2.45, 2.75) is 38.3 Å². The Bertz CT molecular complexity index is 988. The highest BCUT2D eigenvalue weighted by molar-refractivity contribution is 7.13. The van der Waals surface area contributed by atoms with Gasteiger partial charge in [0, 0.05) is 10.4 Å². The number of aromatic nitrogens is 2. The molecule has 0 saturated heterocycles. The van der Waals surface area contributed by atoms with E-state index in [1.165, 1.54) is 24.2 Å². The maximum absolute atomic E-state index is 12.9. The summed E-state index contributed by atoms with van der Waals surface area (Å²) in [5.41, 5.74) is 2.37. The molecule has 144 valence electrons. The van der Waals surface area contributed by atoms with E-state index in [2.05, 4.69) is 10.4 Å². The van der Waals surface area contributed by atoms with Crippen molar-refractivity contribution in [2.24, 2.45) is 0 Å². The molecule has 1 fully saturated rings. The van der Waals surface area contributed by atoms with Gasteiger partial charge >= 0.3 is 5.97 Å². The molecule has 6 nitrogen and oxygen atoms in total. The average molecular weight is 395 g/mol. The second-order valence-corrected chi connectivity index (χ2v) is 8.08. The number of amides is 1. The van der Waals surface area contributed by atoms with Crippen molar-refractivity contribution >= 4 is 23.2 Å². The van der Waals surface area contributed by atoms with E-state index in [0.29, 0.717) is 18.2 Å². The van der Waals surface area contributed by atoms with E-state index in [0.717, 1.165) is 29.0 Å². The maximum Gasteiger partial charge on any atom is 0.345 e. The SMILES string of the molecule is O=C(O)c1ccc(CNC(=O)c2cnn(C3CCCC3)c2-c2ccccc2)s1. The molecule has 0 aliphatic heterocycles. The Hall–Kier alpha value is -2.93. The first-order valence-electron chi connectivity index (χ1n) is 9.36. The van der Waals surface area contributed by atoms with Crippen LogP contribution >= 0.6 is 11.3 Å². The normalized spacial score (nSPS) is 14.3. The number of nitrogens with one attached hydrogen (secondary N) is 1. The zero-order chi connectivity index (χ0) is 19.5. The third-order valence-electron chi connectivity index (χ3n) is 5.05. The molecular formula is C21H21N3O3S. The highest BCUT2D eigenvalue weighted by Crippen LogP contribution is 2.34. The van der Waals surface area contributed by atoms with Crippen molar-refractivity contribution < 1.29 is 14.7 Å². The monoisotopic (exact) mass is 395 g/mol. The fourth-order valence-electron chi connectivity index (χ4n) is 3.69. The van der Waals surface area contributed by atoms with Gasteiger partial charge in [-0.05, 0) is 25.0 Å². The summed E-state index contributed by atoms with van der Waals surface area (Å²) >= 11 is 1.17. The van der Waals surface area contributed by atoms with Gasteiger partial charge in [-0.15, -0.1) is 11.3 Å². The number of benzene rings is 1. The lowest BCUT2D eigenvalue weighted by Gasteiger charge is -2.15. The Morgan fingerprint density at radius 1 is 1.14 bits per heavy atom. The van der Waals surface area contributed by atoms with Crippen molar-refractivity contribution in [2.75, 3.05) is 0 Å². The molecule has 1 aliphatic carbocycles. The number of carboxylic acids is 1. The third kappa shape index (κ3) is 3.71. The molecule has 1 aliphatic rings. The van der Waals surface area contributed by atoms with Crippen LogP contribution in [0.3, 0.4) is 0 Å². The van der Waals surface area contributed by atoms with Gasteiger partial charge in [-0.3, -0.25) is 9.48 Å². The first-order valence-corrected chi connectivity index (χ1v) is 10.2. The number of aromatic carboxylic acids is 1. The van der Waals surface area contributed by atoms with Crippen LogP contribution in [0.25, 0.3) is 11.3 Å². The molecule has 1 saturated carbocycles. The molecule has 3 aromatic rings. The molecular weight excluding hydrogens is 374 g/mol. The average Bonchev–Trinajstić information content (AvgIpc) is 3.46. The van der Waals surface area contributed by atoms with Gasteiger partial charge in [0.2, 0.25) is 0 Å². The highest BCUT2D eigenvalue weighted by atomic mass is 32.1. The van der Waals surface area contributed by atoms with Gasteiger partial charge in [0.05, 0.1) is 30.0 Å². The summed E-state index contributed by atoms with van der Waals surface area (Å²) in [6.07, 6.45) is 6.17. The Morgan fingerprint density at radius 2 is 1.89 bits per heavy atom. The van der Waals surface area contributed by atoms with Crippen molar-refractivity contribution in [3.05, 3.63) is 64.0 Å². The van der Waals surface area contributed by atoms with Crippen molar-refractivity contribution in [1.82, 2.24) is 15.1 Å². The largest absolute Gasteiger partial charge is 0.477 e. The topological polar surface area (TPSA) is 84.2 Å². The standard InChI is InChI=1S/C21H21N3O3S/c25-20(22-12-16-10-11-18(28-16)21(26)27)17-13-23-24(15-8-4-5-9-15)19(17)14-6-2-1-3-7-14/h1-3,6-7,10-11,13,15H,4-5,8-9,12H2,(H,22,25)(H,26,27). The van der Waals surface area contributed by atoms with Crippen LogP contribution in [0.15, 0.2) is 48.7 Å². The number of carboxylic acid groups (broad SMARTS) is 1. The van der Waals surface area contributed by atoms with Crippen LogP contribution in [0.2, 0.25) is 0 Å². The fourth-order valence-corrected chi connectivity index (χ4v) is 4.47. The summed E-state index contributed by atoms with van der Waals surface area (Å²) in [4.78, 5) is 25.0. The van der Waals surface area contributed by atoms with E-state index in [-0.39, 0.29) is 10.8 Å². The Morgan fingerprint density at radius 3 is 2.57 bits per heavy atom. The van der Waals surface area contributed by atoms with E-state index in [1.54, 1.807) is 18.3 Å². The minimum Gasteiger partial charge on any atom is -0.477 e. The molecule has 0 atom stereocenters. The Kier molecular flexibility index (Phi) is 5.25. The van der Waals surface area contributed by atoms with E-state index in [9.17, 15) is 9.59 Å². The second kappa shape index (κ2) is 7.98. The number of carbonyl (C=O) groups is 2. The van der Waals surface area contributed by atoms with Crippen LogP contribution in [0.4, 0.5) is 0 Å². The quantitative estimate of drug-likeness (QED) is 0.650. The number of carbonyl (C=O) groups excluding carboxylic acids is 1.